The van der Waals surface area contributed by atoms with Gasteiger partial charge in [-0.25, -0.2) is 0 Å². The highest BCUT2D eigenvalue weighted by molar-refractivity contribution is 5.74. The van der Waals surface area contributed by atoms with Gasteiger partial charge >= 0.3 is 5.97 Å². The Morgan fingerprint density at radius 2 is 1.68 bits per heavy atom. The predicted octanol–water partition coefficient (Wildman–Crippen LogP) is 2.35. The van der Waals surface area contributed by atoms with Crippen molar-refractivity contribution in [1.82, 2.24) is 5.32 Å². The third-order valence-electron chi connectivity index (χ3n) is 6.49. The molecule has 3 heteroatoms. The quantitative estimate of drug-likeness (QED) is 0.628. The van der Waals surface area contributed by atoms with Gasteiger partial charge in [0.05, 0.1) is 5.92 Å². The maximum atomic E-state index is 12.4. The number of ether oxygens (including phenoxy) is 1. The summed E-state index contributed by atoms with van der Waals surface area (Å²) in [6.07, 6.45) is 6.64. The van der Waals surface area contributed by atoms with Crippen molar-refractivity contribution in [3.63, 3.8) is 0 Å². The van der Waals surface area contributed by atoms with Gasteiger partial charge in [-0.05, 0) is 62.7 Å². The number of rotatable bonds is 3. The largest absolute Gasteiger partial charge is 0.459 e. The van der Waals surface area contributed by atoms with Crippen LogP contribution in [0, 0.1) is 29.6 Å². The van der Waals surface area contributed by atoms with Gasteiger partial charge in [-0.2, -0.15) is 0 Å². The molecule has 0 aromatic carbocycles. The molecule has 4 saturated carbocycles. The molecule has 5 aliphatic rings. The number of hydrogen-bond donors (Lipinski definition) is 1. The molecule has 3 nitrogen and oxygen atoms in total. The summed E-state index contributed by atoms with van der Waals surface area (Å²) in [6.45, 7) is 5.21. The van der Waals surface area contributed by atoms with Crippen LogP contribution in [0.5, 0.6) is 0 Å². The summed E-state index contributed by atoms with van der Waals surface area (Å²) >= 11 is 0. The van der Waals surface area contributed by atoms with Gasteiger partial charge in [0.1, 0.15) is 5.60 Å². The summed E-state index contributed by atoms with van der Waals surface area (Å²) in [5.41, 5.74) is -0.159. The van der Waals surface area contributed by atoms with E-state index in [1.807, 2.05) is 6.92 Å². The Morgan fingerprint density at radius 1 is 1.16 bits per heavy atom. The SMILES string of the molecule is CC(C(=O)OC1(C)C2CC3CC(C2)CC1C3)C1CN1. The van der Waals surface area contributed by atoms with E-state index in [0.717, 1.165) is 18.4 Å². The highest BCUT2D eigenvalue weighted by Gasteiger charge is 2.57. The molecular weight excluding hydrogens is 238 g/mol. The van der Waals surface area contributed by atoms with Crippen molar-refractivity contribution in [1.29, 1.82) is 0 Å². The fourth-order valence-electron chi connectivity index (χ4n) is 5.18. The van der Waals surface area contributed by atoms with Crippen LogP contribution >= 0.6 is 0 Å². The Bertz CT molecular complexity index is 374. The first-order valence-electron chi connectivity index (χ1n) is 8.02. The summed E-state index contributed by atoms with van der Waals surface area (Å²) in [4.78, 5) is 12.4. The normalized spacial score (nSPS) is 52.0. The zero-order valence-corrected chi connectivity index (χ0v) is 12.0. The topological polar surface area (TPSA) is 48.2 Å². The van der Waals surface area contributed by atoms with Gasteiger partial charge in [0, 0.05) is 12.6 Å². The second-order valence-electron chi connectivity index (χ2n) is 7.71. The first-order chi connectivity index (χ1) is 9.06. The van der Waals surface area contributed by atoms with Gasteiger partial charge in [0.25, 0.3) is 0 Å². The van der Waals surface area contributed by atoms with E-state index in [9.17, 15) is 4.79 Å². The molecule has 1 N–H and O–H groups in total. The minimum absolute atomic E-state index is 0.0222. The molecule has 1 heterocycles. The van der Waals surface area contributed by atoms with Gasteiger partial charge in [-0.3, -0.25) is 4.79 Å². The van der Waals surface area contributed by atoms with Crippen LogP contribution in [0.25, 0.3) is 0 Å². The Balaban J connectivity index is 1.51. The van der Waals surface area contributed by atoms with Gasteiger partial charge in [0.15, 0.2) is 0 Å². The summed E-state index contributed by atoms with van der Waals surface area (Å²) in [6, 6.07) is 0.368. The fourth-order valence-corrected chi connectivity index (χ4v) is 5.18. The minimum Gasteiger partial charge on any atom is -0.459 e. The molecular formula is C16H25NO2. The van der Waals surface area contributed by atoms with Crippen molar-refractivity contribution in [3.8, 4) is 0 Å². The van der Waals surface area contributed by atoms with Gasteiger partial charge < -0.3 is 10.1 Å². The number of carbonyl (C=O) groups is 1. The molecule has 0 spiro atoms. The molecule has 0 amide bonds. The van der Waals surface area contributed by atoms with Crippen molar-refractivity contribution >= 4 is 5.97 Å². The maximum Gasteiger partial charge on any atom is 0.310 e. The van der Waals surface area contributed by atoms with Crippen molar-refractivity contribution in [2.24, 2.45) is 29.6 Å². The first-order valence-corrected chi connectivity index (χ1v) is 8.02. The molecule has 0 aromatic heterocycles. The molecule has 106 valence electrons. The molecule has 4 aliphatic carbocycles. The maximum absolute atomic E-state index is 12.4. The molecule has 5 rings (SSSR count). The van der Waals surface area contributed by atoms with E-state index in [2.05, 4.69) is 12.2 Å². The van der Waals surface area contributed by atoms with E-state index < -0.39 is 0 Å². The van der Waals surface area contributed by atoms with E-state index in [1.54, 1.807) is 0 Å². The number of hydrogen-bond acceptors (Lipinski definition) is 3. The average molecular weight is 263 g/mol. The second kappa shape index (κ2) is 3.97. The highest BCUT2D eigenvalue weighted by Crippen LogP contribution is 2.59. The number of carbonyl (C=O) groups excluding carboxylic acids is 1. The second-order valence-corrected chi connectivity index (χ2v) is 7.71. The zero-order valence-electron chi connectivity index (χ0n) is 12.0. The molecule has 0 aromatic rings. The van der Waals surface area contributed by atoms with Crippen molar-refractivity contribution < 1.29 is 9.53 Å². The monoisotopic (exact) mass is 263 g/mol. The third-order valence-corrected chi connectivity index (χ3v) is 6.49. The van der Waals surface area contributed by atoms with E-state index >= 15 is 0 Å². The lowest BCUT2D eigenvalue weighted by atomic mass is 9.50. The lowest BCUT2D eigenvalue weighted by Gasteiger charge is -2.59. The van der Waals surface area contributed by atoms with Gasteiger partial charge in [0.2, 0.25) is 0 Å². The molecule has 0 radical (unpaired) electrons. The summed E-state index contributed by atoms with van der Waals surface area (Å²) < 4.78 is 6.10. The average Bonchev–Trinajstić information content (AvgIpc) is 3.18. The van der Waals surface area contributed by atoms with E-state index in [4.69, 9.17) is 4.74 Å². The van der Waals surface area contributed by atoms with Crippen LogP contribution in [0.4, 0.5) is 0 Å². The molecule has 2 unspecified atom stereocenters. The lowest BCUT2D eigenvalue weighted by molar-refractivity contribution is -0.206. The number of esters is 1. The first kappa shape index (κ1) is 12.2. The lowest BCUT2D eigenvalue weighted by Crippen LogP contribution is -2.58. The molecule has 5 fully saturated rings. The Kier molecular flexibility index (Phi) is 2.55. The summed E-state index contributed by atoms with van der Waals surface area (Å²) in [7, 11) is 0. The summed E-state index contributed by atoms with van der Waals surface area (Å²) in [5.74, 6) is 3.17. The summed E-state index contributed by atoms with van der Waals surface area (Å²) in [5, 5.41) is 3.23. The van der Waals surface area contributed by atoms with Crippen LogP contribution in [0.15, 0.2) is 0 Å². The molecule has 19 heavy (non-hydrogen) atoms. The fraction of sp³-hybridized carbons (Fsp3) is 0.938. The zero-order chi connectivity index (χ0) is 13.2. The van der Waals surface area contributed by atoms with Crippen LogP contribution in [-0.2, 0) is 9.53 Å². The Morgan fingerprint density at radius 3 is 2.16 bits per heavy atom. The van der Waals surface area contributed by atoms with Gasteiger partial charge in [-0.15, -0.1) is 0 Å². The predicted molar refractivity (Wildman–Crippen MR) is 72.5 cm³/mol. The van der Waals surface area contributed by atoms with E-state index in [0.29, 0.717) is 17.9 Å². The molecule has 1 aliphatic heterocycles. The van der Waals surface area contributed by atoms with E-state index in [1.165, 1.54) is 32.1 Å². The third kappa shape index (κ3) is 1.84. The molecule has 1 saturated heterocycles. The minimum atomic E-state index is -0.159. The van der Waals surface area contributed by atoms with Crippen LogP contribution in [0.3, 0.4) is 0 Å². The van der Waals surface area contributed by atoms with Crippen molar-refractivity contribution in [2.75, 3.05) is 6.54 Å². The Hall–Kier alpha value is -0.570. The smallest absolute Gasteiger partial charge is 0.310 e. The Labute approximate surface area is 115 Å². The molecule has 2 atom stereocenters. The van der Waals surface area contributed by atoms with Gasteiger partial charge in [-0.1, -0.05) is 6.92 Å². The van der Waals surface area contributed by atoms with Crippen molar-refractivity contribution in [3.05, 3.63) is 0 Å². The number of nitrogens with one attached hydrogen (secondary N) is 1. The van der Waals surface area contributed by atoms with E-state index in [-0.39, 0.29) is 17.5 Å². The highest BCUT2D eigenvalue weighted by atomic mass is 16.6. The van der Waals surface area contributed by atoms with Crippen molar-refractivity contribution in [2.45, 2.75) is 57.6 Å². The standard InChI is InChI=1S/C16H25NO2/c1-9(14-8-17-14)15(18)19-16(2)12-4-10-3-11(6-12)7-13(16)5-10/h9-14,17H,3-8H2,1-2H3. The van der Waals surface area contributed by atoms with Crippen LogP contribution in [-0.4, -0.2) is 24.2 Å². The van der Waals surface area contributed by atoms with Crippen LogP contribution < -0.4 is 5.32 Å². The van der Waals surface area contributed by atoms with Crippen LogP contribution in [0.2, 0.25) is 0 Å². The van der Waals surface area contributed by atoms with Crippen LogP contribution in [0.1, 0.15) is 46.0 Å². The molecule has 4 bridgehead atoms.